The molecule has 2 aromatic carbocycles. The molecule has 0 saturated carbocycles. The smallest absolute Gasteiger partial charge is 0.288 e. The molecular formula is C15H13F2NO2S. The van der Waals surface area contributed by atoms with E-state index in [0.29, 0.717) is 23.2 Å². The molecule has 1 aliphatic heterocycles. The van der Waals surface area contributed by atoms with Gasteiger partial charge in [-0.3, -0.25) is 0 Å². The van der Waals surface area contributed by atoms with Crippen molar-refractivity contribution in [3.63, 3.8) is 0 Å². The number of benzene rings is 2. The first-order valence-electron chi connectivity index (χ1n) is 6.38. The Morgan fingerprint density at radius 3 is 2.57 bits per heavy atom. The molecule has 0 radical (unpaired) electrons. The molecule has 0 spiro atoms. The molecule has 3 rings (SSSR count). The molecule has 110 valence electrons. The number of halogens is 2. The average Bonchev–Trinajstić information content (AvgIpc) is 2.93. The molecule has 1 heterocycles. The molecule has 0 bridgehead atoms. The maximum Gasteiger partial charge on any atom is 0.288 e. The van der Waals surface area contributed by atoms with Crippen molar-refractivity contribution in [1.29, 1.82) is 0 Å². The highest BCUT2D eigenvalue weighted by Gasteiger charge is 2.12. The van der Waals surface area contributed by atoms with Gasteiger partial charge in [0.2, 0.25) is 6.79 Å². The Morgan fingerprint density at radius 2 is 1.81 bits per heavy atom. The van der Waals surface area contributed by atoms with E-state index in [1.165, 1.54) is 0 Å². The number of alkyl halides is 2. The van der Waals surface area contributed by atoms with Crippen molar-refractivity contribution >= 4 is 17.4 Å². The second-order valence-electron chi connectivity index (χ2n) is 4.44. The molecular weight excluding hydrogens is 296 g/mol. The molecule has 0 unspecified atom stereocenters. The highest BCUT2D eigenvalue weighted by molar-refractivity contribution is 7.99. The van der Waals surface area contributed by atoms with Gasteiger partial charge < -0.3 is 14.8 Å². The fourth-order valence-corrected chi connectivity index (χ4v) is 2.51. The van der Waals surface area contributed by atoms with Crippen molar-refractivity contribution in [3.05, 3.63) is 48.0 Å². The lowest BCUT2D eigenvalue weighted by Crippen LogP contribution is -1.99. The second kappa shape index (κ2) is 6.22. The maximum atomic E-state index is 12.2. The van der Waals surface area contributed by atoms with Gasteiger partial charge in [-0.2, -0.15) is 8.78 Å². The molecule has 0 aromatic heterocycles. The first-order chi connectivity index (χ1) is 10.2. The van der Waals surface area contributed by atoms with E-state index < -0.39 is 5.76 Å². The zero-order chi connectivity index (χ0) is 14.7. The standard InChI is InChI=1S/C15H13F2NO2S/c16-15(17)21-12-4-2-11(3-5-12)18-8-10-1-6-13-14(7-10)20-9-19-13/h1-7,15,18H,8-9H2. The van der Waals surface area contributed by atoms with Crippen LogP contribution in [0.4, 0.5) is 14.5 Å². The summed E-state index contributed by atoms with van der Waals surface area (Å²) < 4.78 is 35.0. The molecule has 6 heteroatoms. The van der Waals surface area contributed by atoms with Gasteiger partial charge in [0.05, 0.1) is 0 Å². The lowest BCUT2D eigenvalue weighted by Gasteiger charge is -2.08. The monoisotopic (exact) mass is 309 g/mol. The van der Waals surface area contributed by atoms with Gasteiger partial charge >= 0.3 is 0 Å². The lowest BCUT2D eigenvalue weighted by atomic mass is 10.2. The van der Waals surface area contributed by atoms with E-state index in [9.17, 15) is 8.78 Å². The minimum Gasteiger partial charge on any atom is -0.454 e. The van der Waals surface area contributed by atoms with Crippen LogP contribution in [0, 0.1) is 0 Å². The molecule has 2 aromatic rings. The van der Waals surface area contributed by atoms with Crippen LogP contribution in [-0.4, -0.2) is 12.6 Å². The number of hydrogen-bond acceptors (Lipinski definition) is 4. The van der Waals surface area contributed by atoms with E-state index >= 15 is 0 Å². The minimum atomic E-state index is -2.39. The summed E-state index contributed by atoms with van der Waals surface area (Å²) in [5.74, 6) is -0.887. The van der Waals surface area contributed by atoms with Crippen LogP contribution in [0.5, 0.6) is 11.5 Å². The van der Waals surface area contributed by atoms with E-state index in [-0.39, 0.29) is 6.79 Å². The van der Waals surface area contributed by atoms with E-state index in [0.717, 1.165) is 22.7 Å². The summed E-state index contributed by atoms with van der Waals surface area (Å²) >= 11 is 0.544. The van der Waals surface area contributed by atoms with Crippen LogP contribution in [-0.2, 0) is 6.54 Å². The largest absolute Gasteiger partial charge is 0.454 e. The molecule has 0 fully saturated rings. The van der Waals surface area contributed by atoms with Gasteiger partial charge in [-0.15, -0.1) is 0 Å². The number of ether oxygens (including phenoxy) is 2. The number of nitrogens with one attached hydrogen (secondary N) is 1. The van der Waals surface area contributed by atoms with Crippen LogP contribution >= 0.6 is 11.8 Å². The number of thioether (sulfide) groups is 1. The highest BCUT2D eigenvalue weighted by atomic mass is 32.2. The third-order valence-electron chi connectivity index (χ3n) is 3.01. The Balaban J connectivity index is 1.59. The van der Waals surface area contributed by atoms with Crippen LogP contribution in [0.15, 0.2) is 47.4 Å². The third kappa shape index (κ3) is 3.58. The van der Waals surface area contributed by atoms with Crippen molar-refractivity contribution in [3.8, 4) is 11.5 Å². The predicted molar refractivity (Wildman–Crippen MR) is 78.2 cm³/mol. The second-order valence-corrected chi connectivity index (χ2v) is 5.51. The molecule has 21 heavy (non-hydrogen) atoms. The van der Waals surface area contributed by atoms with Crippen molar-refractivity contribution in [2.75, 3.05) is 12.1 Å². The Labute approximate surface area is 125 Å². The SMILES string of the molecule is FC(F)Sc1ccc(NCc2ccc3c(c2)OCO3)cc1. The normalized spacial score (nSPS) is 12.7. The predicted octanol–water partition coefficient (Wildman–Crippen LogP) is 4.34. The average molecular weight is 309 g/mol. The Hall–Kier alpha value is -1.95. The van der Waals surface area contributed by atoms with Gasteiger partial charge in [-0.25, -0.2) is 0 Å². The van der Waals surface area contributed by atoms with Crippen LogP contribution in [0.2, 0.25) is 0 Å². The lowest BCUT2D eigenvalue weighted by molar-refractivity contribution is 0.174. The molecule has 1 N–H and O–H groups in total. The zero-order valence-corrected chi connectivity index (χ0v) is 11.8. The third-order valence-corrected chi connectivity index (χ3v) is 3.74. The number of fused-ring (bicyclic) bond motifs is 1. The summed E-state index contributed by atoms with van der Waals surface area (Å²) in [4.78, 5) is 0.554. The summed E-state index contributed by atoms with van der Waals surface area (Å²) in [6, 6.07) is 12.7. The Bertz CT molecular complexity index is 620. The van der Waals surface area contributed by atoms with Gasteiger partial charge in [0.25, 0.3) is 5.76 Å². The Kier molecular flexibility index (Phi) is 4.15. The quantitative estimate of drug-likeness (QED) is 0.832. The fourth-order valence-electron chi connectivity index (χ4n) is 2.01. The molecule has 3 nitrogen and oxygen atoms in total. The van der Waals surface area contributed by atoms with Crippen LogP contribution in [0.25, 0.3) is 0 Å². The van der Waals surface area contributed by atoms with Crippen LogP contribution in [0.3, 0.4) is 0 Å². The molecule has 1 aliphatic rings. The summed E-state index contributed by atoms with van der Waals surface area (Å²) in [6.07, 6.45) is 0. The molecule has 0 atom stereocenters. The molecule has 0 aliphatic carbocycles. The van der Waals surface area contributed by atoms with E-state index in [2.05, 4.69) is 5.32 Å². The van der Waals surface area contributed by atoms with Gasteiger partial charge in [-0.05, 0) is 42.0 Å². The van der Waals surface area contributed by atoms with Crippen LogP contribution in [0.1, 0.15) is 5.56 Å². The van der Waals surface area contributed by atoms with Crippen molar-refractivity contribution in [1.82, 2.24) is 0 Å². The van der Waals surface area contributed by atoms with Crippen molar-refractivity contribution in [2.24, 2.45) is 0 Å². The first-order valence-corrected chi connectivity index (χ1v) is 7.26. The van der Waals surface area contributed by atoms with Crippen molar-refractivity contribution in [2.45, 2.75) is 17.2 Å². The summed E-state index contributed by atoms with van der Waals surface area (Å²) in [5.41, 5.74) is 1.94. The van der Waals surface area contributed by atoms with E-state index in [1.54, 1.807) is 24.3 Å². The Morgan fingerprint density at radius 1 is 1.05 bits per heavy atom. The van der Waals surface area contributed by atoms with Gasteiger partial charge in [0.15, 0.2) is 11.5 Å². The highest BCUT2D eigenvalue weighted by Crippen LogP contribution is 2.32. The molecule has 0 amide bonds. The van der Waals surface area contributed by atoms with Crippen LogP contribution < -0.4 is 14.8 Å². The van der Waals surface area contributed by atoms with Crippen molar-refractivity contribution < 1.29 is 18.3 Å². The topological polar surface area (TPSA) is 30.5 Å². The zero-order valence-electron chi connectivity index (χ0n) is 11.0. The molecule has 0 saturated heterocycles. The van der Waals surface area contributed by atoms with E-state index in [4.69, 9.17) is 9.47 Å². The minimum absolute atomic E-state index is 0.259. The number of hydrogen-bond donors (Lipinski definition) is 1. The van der Waals surface area contributed by atoms with Gasteiger partial charge in [0.1, 0.15) is 0 Å². The van der Waals surface area contributed by atoms with Gasteiger partial charge in [0, 0.05) is 17.1 Å². The fraction of sp³-hybridized carbons (Fsp3) is 0.200. The maximum absolute atomic E-state index is 12.2. The van der Waals surface area contributed by atoms with E-state index in [1.807, 2.05) is 18.2 Å². The van der Waals surface area contributed by atoms with Gasteiger partial charge in [-0.1, -0.05) is 17.8 Å². The summed E-state index contributed by atoms with van der Waals surface area (Å²) in [5, 5.41) is 3.24. The summed E-state index contributed by atoms with van der Waals surface area (Å²) in [7, 11) is 0. The number of rotatable bonds is 5. The first kappa shape index (κ1) is 14.0. The summed E-state index contributed by atoms with van der Waals surface area (Å²) in [6.45, 7) is 0.882. The number of anilines is 1.